The van der Waals surface area contributed by atoms with Gasteiger partial charge in [0, 0.05) is 12.2 Å². The Morgan fingerprint density at radius 1 is 1.00 bits per heavy atom. The smallest absolute Gasteiger partial charge is 0.340 e. The highest BCUT2D eigenvalue weighted by molar-refractivity contribution is 6.07. The number of anilines is 2. The summed E-state index contributed by atoms with van der Waals surface area (Å²) in [6.45, 7) is -0.341. The van der Waals surface area contributed by atoms with E-state index in [1.54, 1.807) is 48.5 Å². The predicted octanol–water partition coefficient (Wildman–Crippen LogP) is 3.64. The monoisotopic (exact) mass is 417 g/mol. The first-order valence-electron chi connectivity index (χ1n) is 9.43. The van der Waals surface area contributed by atoms with Crippen molar-refractivity contribution in [2.45, 2.75) is 6.42 Å². The molecule has 0 aliphatic heterocycles. The molecule has 8 heteroatoms. The molecule has 31 heavy (non-hydrogen) atoms. The number of benzene rings is 2. The lowest BCUT2D eigenvalue weighted by atomic mass is 10.1. The van der Waals surface area contributed by atoms with Crippen molar-refractivity contribution in [3.63, 3.8) is 0 Å². The first-order chi connectivity index (χ1) is 15.1. The molecule has 0 saturated carbocycles. The molecule has 0 spiro atoms. The molecule has 0 unspecified atom stereocenters. The molecule has 0 radical (unpaired) electrons. The van der Waals surface area contributed by atoms with Crippen LogP contribution >= 0.6 is 0 Å². The average Bonchev–Trinajstić information content (AvgIpc) is 3.34. The molecule has 3 rings (SSSR count). The van der Waals surface area contributed by atoms with E-state index in [9.17, 15) is 14.4 Å². The van der Waals surface area contributed by atoms with Crippen molar-refractivity contribution in [3.8, 4) is 6.07 Å². The van der Waals surface area contributed by atoms with Gasteiger partial charge < -0.3 is 19.4 Å². The second-order valence-electron chi connectivity index (χ2n) is 6.34. The average molecular weight is 417 g/mol. The summed E-state index contributed by atoms with van der Waals surface area (Å²) in [5, 5.41) is 11.5. The molecule has 3 aromatic rings. The molecular formula is C23H19N3O5. The van der Waals surface area contributed by atoms with Gasteiger partial charge in [0.05, 0.1) is 30.0 Å². The van der Waals surface area contributed by atoms with Gasteiger partial charge >= 0.3 is 5.97 Å². The SMILES string of the molecule is N#CCCN(C(=O)COC(=O)c1ccccc1NC(=O)c1ccco1)c1ccccc1. The fraction of sp³-hybridized carbons (Fsp3) is 0.130. The fourth-order valence-corrected chi connectivity index (χ4v) is 2.81. The molecular weight excluding hydrogens is 398 g/mol. The van der Waals surface area contributed by atoms with Crippen molar-refractivity contribution in [1.82, 2.24) is 0 Å². The van der Waals surface area contributed by atoms with E-state index >= 15 is 0 Å². The number of furan rings is 1. The van der Waals surface area contributed by atoms with E-state index in [2.05, 4.69) is 5.32 Å². The second-order valence-corrected chi connectivity index (χ2v) is 6.34. The van der Waals surface area contributed by atoms with Crippen LogP contribution in [0, 0.1) is 11.3 Å². The van der Waals surface area contributed by atoms with Gasteiger partial charge in [0.1, 0.15) is 0 Å². The van der Waals surface area contributed by atoms with Crippen LogP contribution in [0.2, 0.25) is 0 Å². The Bertz CT molecular complexity index is 1090. The zero-order chi connectivity index (χ0) is 22.1. The number of para-hydroxylation sites is 2. The summed E-state index contributed by atoms with van der Waals surface area (Å²) in [5.74, 6) is -1.66. The van der Waals surface area contributed by atoms with Crippen molar-refractivity contribution in [3.05, 3.63) is 84.3 Å². The number of carbonyl (C=O) groups excluding carboxylic acids is 3. The first-order valence-corrected chi connectivity index (χ1v) is 9.43. The minimum atomic E-state index is -0.767. The van der Waals surface area contributed by atoms with Gasteiger partial charge in [0.25, 0.3) is 11.8 Å². The van der Waals surface area contributed by atoms with Gasteiger partial charge in [-0.3, -0.25) is 9.59 Å². The second kappa shape index (κ2) is 10.4. The molecule has 1 heterocycles. The first kappa shape index (κ1) is 21.3. The van der Waals surface area contributed by atoms with Gasteiger partial charge in [0.15, 0.2) is 12.4 Å². The summed E-state index contributed by atoms with van der Waals surface area (Å²) >= 11 is 0. The number of nitrogens with one attached hydrogen (secondary N) is 1. The van der Waals surface area contributed by atoms with Crippen LogP contribution in [-0.4, -0.2) is 30.9 Å². The molecule has 8 nitrogen and oxygen atoms in total. The Morgan fingerprint density at radius 3 is 2.45 bits per heavy atom. The van der Waals surface area contributed by atoms with Crippen LogP contribution in [0.15, 0.2) is 77.4 Å². The maximum atomic E-state index is 12.7. The zero-order valence-electron chi connectivity index (χ0n) is 16.5. The highest BCUT2D eigenvalue weighted by Crippen LogP contribution is 2.18. The van der Waals surface area contributed by atoms with E-state index in [4.69, 9.17) is 14.4 Å². The van der Waals surface area contributed by atoms with Crippen LogP contribution < -0.4 is 10.2 Å². The van der Waals surface area contributed by atoms with E-state index in [1.165, 1.54) is 23.3 Å². The van der Waals surface area contributed by atoms with Gasteiger partial charge in [0.2, 0.25) is 0 Å². The van der Waals surface area contributed by atoms with Gasteiger partial charge in [-0.25, -0.2) is 4.79 Å². The predicted molar refractivity (Wildman–Crippen MR) is 112 cm³/mol. The molecule has 0 fully saturated rings. The Kier molecular flexibility index (Phi) is 7.16. The third-order valence-electron chi connectivity index (χ3n) is 4.28. The number of nitrogens with zero attached hydrogens (tertiary/aromatic N) is 2. The van der Waals surface area contributed by atoms with Crippen LogP contribution in [0.4, 0.5) is 11.4 Å². The van der Waals surface area contributed by atoms with E-state index < -0.39 is 24.4 Å². The van der Waals surface area contributed by atoms with Crippen LogP contribution in [0.25, 0.3) is 0 Å². The third kappa shape index (κ3) is 5.58. The maximum absolute atomic E-state index is 12.7. The zero-order valence-corrected chi connectivity index (χ0v) is 16.5. The number of amides is 2. The molecule has 2 aromatic carbocycles. The summed E-state index contributed by atoms with van der Waals surface area (Å²) in [7, 11) is 0. The lowest BCUT2D eigenvalue weighted by molar-refractivity contribution is -0.121. The Hall–Kier alpha value is -4.38. The lowest BCUT2D eigenvalue weighted by Gasteiger charge is -2.21. The van der Waals surface area contributed by atoms with E-state index in [-0.39, 0.29) is 30.0 Å². The van der Waals surface area contributed by atoms with Gasteiger partial charge in [-0.1, -0.05) is 30.3 Å². The summed E-state index contributed by atoms with van der Waals surface area (Å²) in [6.07, 6.45) is 1.50. The van der Waals surface area contributed by atoms with Crippen molar-refractivity contribution < 1.29 is 23.5 Å². The Morgan fingerprint density at radius 2 is 1.74 bits per heavy atom. The molecule has 0 atom stereocenters. The molecule has 2 amide bonds. The third-order valence-corrected chi connectivity index (χ3v) is 4.28. The topological polar surface area (TPSA) is 113 Å². The van der Waals surface area contributed by atoms with Crippen molar-refractivity contribution >= 4 is 29.2 Å². The molecule has 0 aliphatic rings. The largest absolute Gasteiger partial charge is 0.459 e. The van der Waals surface area contributed by atoms with Gasteiger partial charge in [-0.2, -0.15) is 5.26 Å². The van der Waals surface area contributed by atoms with Crippen LogP contribution in [0.5, 0.6) is 0 Å². The number of nitriles is 1. The van der Waals surface area contributed by atoms with E-state index in [0.29, 0.717) is 5.69 Å². The normalized spacial score (nSPS) is 10.0. The fourth-order valence-electron chi connectivity index (χ4n) is 2.81. The summed E-state index contributed by atoms with van der Waals surface area (Å²) in [4.78, 5) is 38.9. The molecule has 0 bridgehead atoms. The number of carbonyl (C=O) groups is 3. The Labute approximate surface area is 178 Å². The molecule has 0 aliphatic carbocycles. The number of rotatable bonds is 8. The molecule has 1 aromatic heterocycles. The minimum absolute atomic E-state index is 0.0920. The van der Waals surface area contributed by atoms with Gasteiger partial charge in [-0.15, -0.1) is 0 Å². The molecule has 1 N–H and O–H groups in total. The summed E-state index contributed by atoms with van der Waals surface area (Å²) < 4.78 is 10.2. The number of ether oxygens (including phenoxy) is 1. The van der Waals surface area contributed by atoms with Crippen molar-refractivity contribution in [2.24, 2.45) is 0 Å². The molecule has 156 valence electrons. The summed E-state index contributed by atoms with van der Waals surface area (Å²) in [5.41, 5.74) is 0.925. The number of hydrogen-bond donors (Lipinski definition) is 1. The van der Waals surface area contributed by atoms with Crippen molar-refractivity contribution in [2.75, 3.05) is 23.4 Å². The minimum Gasteiger partial charge on any atom is -0.459 e. The standard InChI is InChI=1S/C23H19N3O5/c24-13-7-14-26(17-8-2-1-3-9-17)21(27)16-31-23(29)18-10-4-5-11-19(18)25-22(28)20-12-6-15-30-20/h1-6,8-12,15H,7,14,16H2,(H,25,28). The lowest BCUT2D eigenvalue weighted by Crippen LogP contribution is -2.35. The van der Waals surface area contributed by atoms with Crippen LogP contribution in [0.3, 0.4) is 0 Å². The number of esters is 1. The maximum Gasteiger partial charge on any atom is 0.340 e. The molecule has 0 saturated heterocycles. The quantitative estimate of drug-likeness (QED) is 0.560. The highest BCUT2D eigenvalue weighted by Gasteiger charge is 2.20. The summed E-state index contributed by atoms with van der Waals surface area (Å²) in [6, 6.07) is 20.2. The Balaban J connectivity index is 1.68. The van der Waals surface area contributed by atoms with E-state index in [1.807, 2.05) is 12.1 Å². The van der Waals surface area contributed by atoms with Crippen molar-refractivity contribution in [1.29, 1.82) is 5.26 Å². The number of hydrogen-bond acceptors (Lipinski definition) is 6. The van der Waals surface area contributed by atoms with Crippen LogP contribution in [-0.2, 0) is 9.53 Å². The highest BCUT2D eigenvalue weighted by atomic mass is 16.5. The van der Waals surface area contributed by atoms with Gasteiger partial charge in [-0.05, 0) is 36.4 Å². The van der Waals surface area contributed by atoms with Crippen LogP contribution in [0.1, 0.15) is 27.3 Å². The van der Waals surface area contributed by atoms with E-state index in [0.717, 1.165) is 0 Å².